The molecule has 1 saturated heterocycles. The number of ketones is 1. The van der Waals surface area contributed by atoms with Crippen LogP contribution >= 0.6 is 11.6 Å². The Labute approximate surface area is 217 Å². The lowest BCUT2D eigenvalue weighted by molar-refractivity contribution is -0.139. The van der Waals surface area contributed by atoms with Crippen molar-refractivity contribution in [2.24, 2.45) is 0 Å². The summed E-state index contributed by atoms with van der Waals surface area (Å²) in [6, 6.07) is 3.94. The van der Waals surface area contributed by atoms with Gasteiger partial charge in [0.05, 0.1) is 10.7 Å². The number of hydrogen-bond acceptors (Lipinski definition) is 6. The first-order valence-electron chi connectivity index (χ1n) is 12.5. The van der Waals surface area contributed by atoms with Crippen LogP contribution in [-0.2, 0) is 29.1 Å². The van der Waals surface area contributed by atoms with Crippen LogP contribution in [-0.4, -0.2) is 60.4 Å². The number of aryl methyl sites for hydroxylation is 1. The van der Waals surface area contributed by atoms with Gasteiger partial charge in [0.15, 0.2) is 0 Å². The lowest BCUT2D eigenvalue weighted by Gasteiger charge is -2.55. The standard InChI is InChI=1S/C26H37ClFN5O3/c1-25(2)14-19(29-24(36)23(35)13-18-8-9-21(27)22(28)12-18)15-26(3,4)33(25)17-20-16-32(31-30-20)10-6-5-7-11-34/h8-9,12,16,19,34H,5-7,10-11,13-15,17H2,1-4H3,(H,29,36). The first-order chi connectivity index (χ1) is 16.9. The van der Waals surface area contributed by atoms with Crippen molar-refractivity contribution >= 4 is 23.3 Å². The number of aromatic nitrogens is 3. The van der Waals surface area contributed by atoms with Gasteiger partial charge in [0.1, 0.15) is 5.82 Å². The lowest BCUT2D eigenvalue weighted by Crippen LogP contribution is -2.64. The van der Waals surface area contributed by atoms with E-state index in [4.69, 9.17) is 16.7 Å². The lowest BCUT2D eigenvalue weighted by atomic mass is 9.76. The van der Waals surface area contributed by atoms with Crippen LogP contribution in [0.1, 0.15) is 71.1 Å². The quantitative estimate of drug-likeness (QED) is 0.345. The third-order valence-corrected chi connectivity index (χ3v) is 7.15. The fourth-order valence-electron chi connectivity index (χ4n) is 5.27. The Morgan fingerprint density at radius 2 is 1.86 bits per heavy atom. The number of piperidine rings is 1. The fraction of sp³-hybridized carbons (Fsp3) is 0.615. The van der Waals surface area contributed by atoms with Crippen LogP contribution in [0.4, 0.5) is 4.39 Å². The molecule has 2 heterocycles. The van der Waals surface area contributed by atoms with Crippen molar-refractivity contribution in [1.29, 1.82) is 0 Å². The molecule has 1 amide bonds. The average molecular weight is 522 g/mol. The monoisotopic (exact) mass is 521 g/mol. The average Bonchev–Trinajstić information content (AvgIpc) is 3.23. The van der Waals surface area contributed by atoms with E-state index in [-0.39, 0.29) is 35.2 Å². The van der Waals surface area contributed by atoms with Crippen molar-refractivity contribution in [2.75, 3.05) is 6.61 Å². The summed E-state index contributed by atoms with van der Waals surface area (Å²) in [5.41, 5.74) is 0.750. The molecule has 3 rings (SSSR count). The molecule has 36 heavy (non-hydrogen) atoms. The molecule has 8 nitrogen and oxygen atoms in total. The van der Waals surface area contributed by atoms with Crippen molar-refractivity contribution in [3.05, 3.63) is 46.5 Å². The topological polar surface area (TPSA) is 100 Å². The van der Waals surface area contributed by atoms with Gasteiger partial charge in [-0.3, -0.25) is 19.2 Å². The molecule has 0 aliphatic carbocycles. The molecular weight excluding hydrogens is 485 g/mol. The van der Waals surface area contributed by atoms with E-state index in [1.807, 2.05) is 10.9 Å². The van der Waals surface area contributed by atoms with E-state index in [1.54, 1.807) is 6.07 Å². The van der Waals surface area contributed by atoms with Gasteiger partial charge in [0.25, 0.3) is 5.91 Å². The van der Waals surface area contributed by atoms with Crippen molar-refractivity contribution < 1.29 is 19.1 Å². The molecule has 198 valence electrons. The van der Waals surface area contributed by atoms with E-state index in [0.29, 0.717) is 24.9 Å². The number of carbonyl (C=O) groups is 2. The van der Waals surface area contributed by atoms with Gasteiger partial charge in [-0.15, -0.1) is 5.10 Å². The molecule has 2 N–H and O–H groups in total. The van der Waals surface area contributed by atoms with Crippen molar-refractivity contribution in [3.8, 4) is 0 Å². The van der Waals surface area contributed by atoms with Crippen LogP contribution in [0.25, 0.3) is 0 Å². The van der Waals surface area contributed by atoms with Gasteiger partial charge in [-0.25, -0.2) is 4.39 Å². The number of nitrogens with one attached hydrogen (secondary N) is 1. The van der Waals surface area contributed by atoms with E-state index >= 15 is 0 Å². The first kappa shape index (κ1) is 28.2. The van der Waals surface area contributed by atoms with Crippen LogP contribution in [0.5, 0.6) is 0 Å². The number of unbranched alkanes of at least 4 members (excludes halogenated alkanes) is 2. The first-order valence-corrected chi connectivity index (χ1v) is 12.8. The molecule has 1 aromatic carbocycles. The zero-order valence-electron chi connectivity index (χ0n) is 21.6. The second kappa shape index (κ2) is 11.8. The third kappa shape index (κ3) is 7.33. The van der Waals surface area contributed by atoms with Gasteiger partial charge < -0.3 is 10.4 Å². The summed E-state index contributed by atoms with van der Waals surface area (Å²) < 4.78 is 15.5. The molecule has 0 radical (unpaired) electrons. The number of carbonyl (C=O) groups excluding carboxylic acids is 2. The van der Waals surface area contributed by atoms with E-state index < -0.39 is 17.5 Å². The largest absolute Gasteiger partial charge is 0.396 e. The molecular formula is C26H37ClFN5O3. The predicted octanol–water partition coefficient (Wildman–Crippen LogP) is 3.68. The van der Waals surface area contributed by atoms with E-state index in [9.17, 15) is 14.0 Å². The summed E-state index contributed by atoms with van der Waals surface area (Å²) in [5.74, 6) is -1.87. The Bertz CT molecular complexity index is 1050. The Morgan fingerprint density at radius 1 is 1.17 bits per heavy atom. The number of Topliss-reactive ketones (excluding diaryl/α,β-unsaturated/α-hetero) is 1. The number of halogens is 2. The summed E-state index contributed by atoms with van der Waals surface area (Å²) in [7, 11) is 0. The zero-order chi connectivity index (χ0) is 26.5. The van der Waals surface area contributed by atoms with Gasteiger partial charge in [0.2, 0.25) is 5.78 Å². The highest BCUT2D eigenvalue weighted by Crippen LogP contribution is 2.39. The molecule has 10 heteroatoms. The van der Waals surface area contributed by atoms with Gasteiger partial charge in [-0.05, 0) is 77.5 Å². The van der Waals surface area contributed by atoms with Gasteiger partial charge in [-0.2, -0.15) is 0 Å². The number of nitrogens with zero attached hydrogens (tertiary/aromatic N) is 4. The Balaban J connectivity index is 1.59. The summed E-state index contributed by atoms with van der Waals surface area (Å²) in [6.07, 6.45) is 5.81. The number of hydrogen-bond donors (Lipinski definition) is 2. The Hall–Kier alpha value is -2.36. The number of amides is 1. The van der Waals surface area contributed by atoms with Gasteiger partial charge in [-0.1, -0.05) is 22.9 Å². The number of likely N-dealkylation sites (tertiary alicyclic amines) is 1. The van der Waals surface area contributed by atoms with Crippen LogP contribution in [0, 0.1) is 5.82 Å². The maximum absolute atomic E-state index is 13.7. The van der Waals surface area contributed by atoms with Crippen molar-refractivity contribution in [1.82, 2.24) is 25.2 Å². The minimum atomic E-state index is -0.653. The zero-order valence-corrected chi connectivity index (χ0v) is 22.3. The molecule has 0 bridgehead atoms. The third-order valence-electron chi connectivity index (χ3n) is 6.84. The SMILES string of the molecule is CC1(C)CC(NC(=O)C(=O)Cc2ccc(Cl)c(F)c2)CC(C)(C)N1Cc1cn(CCCCCO)nn1. The van der Waals surface area contributed by atoms with Crippen molar-refractivity contribution in [2.45, 2.75) is 96.4 Å². The molecule has 1 fully saturated rings. The molecule has 0 unspecified atom stereocenters. The van der Waals surface area contributed by atoms with Crippen molar-refractivity contribution in [3.63, 3.8) is 0 Å². The Kier molecular flexibility index (Phi) is 9.24. The van der Waals surface area contributed by atoms with E-state index in [1.165, 1.54) is 12.1 Å². The molecule has 1 aromatic heterocycles. The van der Waals surface area contributed by atoms with Crippen LogP contribution < -0.4 is 5.32 Å². The Morgan fingerprint density at radius 3 is 2.50 bits per heavy atom. The highest BCUT2D eigenvalue weighted by atomic mass is 35.5. The maximum atomic E-state index is 13.7. The number of aliphatic hydroxyl groups is 1. The molecule has 0 saturated carbocycles. The molecule has 1 aliphatic heterocycles. The minimum Gasteiger partial charge on any atom is -0.396 e. The van der Waals surface area contributed by atoms with E-state index in [2.05, 4.69) is 48.2 Å². The molecule has 1 aliphatic rings. The second-order valence-corrected chi connectivity index (χ2v) is 11.3. The highest BCUT2D eigenvalue weighted by Gasteiger charge is 2.46. The van der Waals surface area contributed by atoms with E-state index in [0.717, 1.165) is 31.5 Å². The summed E-state index contributed by atoms with van der Waals surface area (Å²) in [6.45, 7) is 10.1. The van der Waals surface area contributed by atoms with Crippen LogP contribution in [0.15, 0.2) is 24.4 Å². The molecule has 0 spiro atoms. The van der Waals surface area contributed by atoms with Gasteiger partial charge in [0, 0.05) is 49.4 Å². The number of rotatable bonds is 11. The number of benzene rings is 1. The highest BCUT2D eigenvalue weighted by molar-refractivity contribution is 6.36. The summed E-state index contributed by atoms with van der Waals surface area (Å²) >= 11 is 5.70. The summed E-state index contributed by atoms with van der Waals surface area (Å²) in [5, 5.41) is 20.4. The second-order valence-electron chi connectivity index (χ2n) is 10.9. The fourth-order valence-corrected chi connectivity index (χ4v) is 5.39. The molecule has 2 aromatic rings. The summed E-state index contributed by atoms with van der Waals surface area (Å²) in [4.78, 5) is 27.6. The van der Waals surface area contributed by atoms with Crippen LogP contribution in [0.2, 0.25) is 5.02 Å². The van der Waals surface area contributed by atoms with Crippen LogP contribution in [0.3, 0.4) is 0 Å². The normalized spacial score (nSPS) is 17.8. The molecule has 0 atom stereocenters. The maximum Gasteiger partial charge on any atom is 0.287 e. The van der Waals surface area contributed by atoms with Gasteiger partial charge >= 0.3 is 0 Å². The minimum absolute atomic E-state index is 0.0209. The predicted molar refractivity (Wildman–Crippen MR) is 136 cm³/mol. The smallest absolute Gasteiger partial charge is 0.287 e. The number of aliphatic hydroxyl groups excluding tert-OH is 1.